The van der Waals surface area contributed by atoms with Gasteiger partial charge in [-0.15, -0.1) is 0 Å². The second kappa shape index (κ2) is 10.1. The zero-order valence-electron chi connectivity index (χ0n) is 18.5. The van der Waals surface area contributed by atoms with E-state index < -0.39 is 0 Å². The van der Waals surface area contributed by atoms with E-state index in [4.69, 9.17) is 14.2 Å². The van der Waals surface area contributed by atoms with E-state index in [0.29, 0.717) is 28.4 Å². The number of benzene rings is 2. The first kappa shape index (κ1) is 22.3. The fraction of sp³-hybridized carbons (Fsp3) is 0.280. The molecule has 0 bridgehead atoms. The summed E-state index contributed by atoms with van der Waals surface area (Å²) in [6, 6.07) is 18.3. The fourth-order valence-corrected chi connectivity index (χ4v) is 2.97. The van der Waals surface area contributed by atoms with Crippen molar-refractivity contribution in [3.05, 3.63) is 77.6 Å². The smallest absolute Gasteiger partial charge is 0.257 e. The fourth-order valence-electron chi connectivity index (χ4n) is 2.97. The van der Waals surface area contributed by atoms with E-state index >= 15 is 0 Å². The van der Waals surface area contributed by atoms with Crippen molar-refractivity contribution in [1.29, 1.82) is 0 Å². The van der Waals surface area contributed by atoms with E-state index in [1.165, 1.54) is 0 Å². The van der Waals surface area contributed by atoms with Crippen molar-refractivity contribution in [2.75, 3.05) is 12.4 Å². The SMILES string of the molecule is COC(C)c1ccc(C(=O)Nc2ccc(Oc3ccc(OC(C)C)cc3)cc2)c(C)n1. The summed E-state index contributed by atoms with van der Waals surface area (Å²) in [6.45, 7) is 7.70. The molecule has 1 aromatic heterocycles. The minimum Gasteiger partial charge on any atom is -0.491 e. The first-order valence-electron chi connectivity index (χ1n) is 10.2. The van der Waals surface area contributed by atoms with Gasteiger partial charge in [0.1, 0.15) is 17.2 Å². The Labute approximate surface area is 183 Å². The lowest BCUT2D eigenvalue weighted by atomic mass is 10.1. The Kier molecular flexibility index (Phi) is 7.26. The molecule has 31 heavy (non-hydrogen) atoms. The molecule has 0 fully saturated rings. The molecule has 1 amide bonds. The Morgan fingerprint density at radius 3 is 2.00 bits per heavy atom. The molecule has 0 saturated heterocycles. The minimum atomic E-state index is -0.212. The summed E-state index contributed by atoms with van der Waals surface area (Å²) in [7, 11) is 1.63. The highest BCUT2D eigenvalue weighted by Crippen LogP contribution is 2.26. The van der Waals surface area contributed by atoms with Crippen molar-refractivity contribution in [3.8, 4) is 17.2 Å². The predicted molar refractivity (Wildman–Crippen MR) is 121 cm³/mol. The molecule has 6 heteroatoms. The summed E-state index contributed by atoms with van der Waals surface area (Å²) >= 11 is 0. The summed E-state index contributed by atoms with van der Waals surface area (Å²) in [5.74, 6) is 1.97. The number of aromatic nitrogens is 1. The molecule has 0 aliphatic heterocycles. The molecule has 3 aromatic rings. The van der Waals surface area contributed by atoms with Crippen molar-refractivity contribution in [3.63, 3.8) is 0 Å². The standard InChI is InChI=1S/C25H28N2O4/c1-16(2)30-20-10-12-22(13-11-20)31-21-8-6-19(7-9-21)27-25(28)23-14-15-24(18(4)29-5)26-17(23)3/h6-16,18H,1-5H3,(H,27,28). The summed E-state index contributed by atoms with van der Waals surface area (Å²) in [4.78, 5) is 17.1. The van der Waals surface area contributed by atoms with Crippen LogP contribution >= 0.6 is 0 Å². The third-order valence-corrected chi connectivity index (χ3v) is 4.67. The zero-order valence-corrected chi connectivity index (χ0v) is 18.5. The van der Waals surface area contributed by atoms with Crippen molar-refractivity contribution < 1.29 is 19.0 Å². The third-order valence-electron chi connectivity index (χ3n) is 4.67. The third kappa shape index (κ3) is 6.06. The number of anilines is 1. The van der Waals surface area contributed by atoms with Crippen LogP contribution in [0.5, 0.6) is 17.2 Å². The van der Waals surface area contributed by atoms with Crippen LogP contribution in [-0.2, 0) is 4.74 Å². The van der Waals surface area contributed by atoms with E-state index in [1.807, 2.05) is 70.2 Å². The van der Waals surface area contributed by atoms with Crippen molar-refractivity contribution in [2.24, 2.45) is 0 Å². The monoisotopic (exact) mass is 420 g/mol. The van der Waals surface area contributed by atoms with Crippen LogP contribution in [0.15, 0.2) is 60.7 Å². The first-order chi connectivity index (χ1) is 14.9. The van der Waals surface area contributed by atoms with Crippen LogP contribution in [0.4, 0.5) is 5.69 Å². The Bertz CT molecular complexity index is 1010. The second-order valence-electron chi connectivity index (χ2n) is 7.47. The average molecular weight is 421 g/mol. The van der Waals surface area contributed by atoms with E-state index in [9.17, 15) is 4.79 Å². The molecule has 0 radical (unpaired) electrons. The summed E-state index contributed by atoms with van der Waals surface area (Å²) in [5, 5.41) is 2.90. The van der Waals surface area contributed by atoms with Crippen molar-refractivity contribution in [1.82, 2.24) is 4.98 Å². The molecule has 1 unspecified atom stereocenters. The highest BCUT2D eigenvalue weighted by molar-refractivity contribution is 6.05. The predicted octanol–water partition coefficient (Wildman–Crippen LogP) is 5.93. The maximum Gasteiger partial charge on any atom is 0.257 e. The van der Waals surface area contributed by atoms with Crippen LogP contribution < -0.4 is 14.8 Å². The van der Waals surface area contributed by atoms with Crippen LogP contribution in [-0.4, -0.2) is 24.1 Å². The molecule has 0 spiro atoms. The van der Waals surface area contributed by atoms with Gasteiger partial charge in [0.2, 0.25) is 0 Å². The number of pyridine rings is 1. The molecule has 0 saturated carbocycles. The van der Waals surface area contributed by atoms with Gasteiger partial charge in [-0.2, -0.15) is 0 Å². The molecule has 3 rings (SSSR count). The lowest BCUT2D eigenvalue weighted by Crippen LogP contribution is -2.15. The van der Waals surface area contributed by atoms with Crippen molar-refractivity contribution in [2.45, 2.75) is 39.9 Å². The number of nitrogens with one attached hydrogen (secondary N) is 1. The lowest BCUT2D eigenvalue weighted by molar-refractivity contribution is 0.102. The van der Waals surface area contributed by atoms with Gasteiger partial charge in [-0.05, 0) is 88.4 Å². The maximum atomic E-state index is 12.6. The summed E-state index contributed by atoms with van der Waals surface area (Å²) in [5.41, 5.74) is 2.65. The van der Waals surface area contributed by atoms with Crippen LogP contribution in [0.3, 0.4) is 0 Å². The van der Waals surface area contributed by atoms with Gasteiger partial charge in [-0.3, -0.25) is 9.78 Å². The van der Waals surface area contributed by atoms with Gasteiger partial charge in [0.25, 0.3) is 5.91 Å². The molecular formula is C25H28N2O4. The number of carbonyl (C=O) groups is 1. The normalized spacial score (nSPS) is 11.8. The number of aryl methyl sites for hydroxylation is 1. The number of hydrogen-bond donors (Lipinski definition) is 1. The van der Waals surface area contributed by atoms with Gasteiger partial charge in [0.05, 0.1) is 29.2 Å². The molecule has 6 nitrogen and oxygen atoms in total. The summed E-state index contributed by atoms with van der Waals surface area (Å²) in [6.07, 6.45) is 0.00300. The summed E-state index contributed by atoms with van der Waals surface area (Å²) < 4.78 is 16.8. The topological polar surface area (TPSA) is 69.7 Å². The number of carbonyl (C=O) groups excluding carboxylic acids is 1. The van der Waals surface area contributed by atoms with E-state index in [2.05, 4.69) is 10.3 Å². The number of rotatable bonds is 8. The molecule has 0 aliphatic carbocycles. The van der Waals surface area contributed by atoms with Gasteiger partial charge in [-0.25, -0.2) is 0 Å². The Balaban J connectivity index is 1.62. The van der Waals surface area contributed by atoms with Crippen LogP contribution in [0.2, 0.25) is 0 Å². The van der Waals surface area contributed by atoms with Crippen LogP contribution in [0.25, 0.3) is 0 Å². The molecule has 1 N–H and O–H groups in total. The van der Waals surface area contributed by atoms with Crippen LogP contribution in [0.1, 0.15) is 48.6 Å². The lowest BCUT2D eigenvalue weighted by Gasteiger charge is -2.13. The van der Waals surface area contributed by atoms with Crippen molar-refractivity contribution >= 4 is 11.6 Å². The highest BCUT2D eigenvalue weighted by atomic mass is 16.5. The number of nitrogens with zero attached hydrogens (tertiary/aromatic N) is 1. The van der Waals surface area contributed by atoms with Gasteiger partial charge in [-0.1, -0.05) is 0 Å². The Morgan fingerprint density at radius 2 is 1.45 bits per heavy atom. The minimum absolute atomic E-state index is 0.123. The van der Waals surface area contributed by atoms with Gasteiger partial charge in [0, 0.05) is 12.8 Å². The molecule has 2 aromatic carbocycles. The zero-order chi connectivity index (χ0) is 22.4. The number of hydrogen-bond acceptors (Lipinski definition) is 5. The van der Waals surface area contributed by atoms with Gasteiger partial charge in [0.15, 0.2) is 0 Å². The number of ether oxygens (including phenoxy) is 3. The van der Waals surface area contributed by atoms with Gasteiger partial charge >= 0.3 is 0 Å². The largest absolute Gasteiger partial charge is 0.491 e. The molecule has 0 aliphatic rings. The van der Waals surface area contributed by atoms with Gasteiger partial charge < -0.3 is 19.5 Å². The number of methoxy groups -OCH3 is 1. The van der Waals surface area contributed by atoms with E-state index in [-0.39, 0.29) is 18.1 Å². The second-order valence-corrected chi connectivity index (χ2v) is 7.47. The van der Waals surface area contributed by atoms with Crippen LogP contribution in [0, 0.1) is 6.92 Å². The molecule has 162 valence electrons. The first-order valence-corrected chi connectivity index (χ1v) is 10.2. The Morgan fingerprint density at radius 1 is 0.871 bits per heavy atom. The molecule has 1 atom stereocenters. The molecular weight excluding hydrogens is 392 g/mol. The molecule has 1 heterocycles. The Hall–Kier alpha value is -3.38. The quantitative estimate of drug-likeness (QED) is 0.489. The van der Waals surface area contributed by atoms with E-state index in [0.717, 1.165) is 11.4 Å². The maximum absolute atomic E-state index is 12.6. The highest BCUT2D eigenvalue weighted by Gasteiger charge is 2.13. The van der Waals surface area contributed by atoms with E-state index in [1.54, 1.807) is 25.3 Å². The average Bonchev–Trinajstić information content (AvgIpc) is 2.75. The number of amides is 1.